The highest BCUT2D eigenvalue weighted by molar-refractivity contribution is 5.93. The van der Waals surface area contributed by atoms with Crippen LogP contribution in [0.2, 0.25) is 0 Å². The summed E-state index contributed by atoms with van der Waals surface area (Å²) in [7, 11) is 0. The van der Waals surface area contributed by atoms with Crippen molar-refractivity contribution in [3.05, 3.63) is 18.1 Å². The molecule has 5 rings (SSSR count). The van der Waals surface area contributed by atoms with Crippen molar-refractivity contribution in [3.8, 4) is 6.07 Å². The zero-order valence-corrected chi connectivity index (χ0v) is 21.8. The van der Waals surface area contributed by atoms with E-state index in [1.54, 1.807) is 0 Å². The first kappa shape index (κ1) is 27.1. The minimum atomic E-state index is -4.67. The summed E-state index contributed by atoms with van der Waals surface area (Å²) < 4.78 is 39.7. The Balaban J connectivity index is 1.44. The predicted molar refractivity (Wildman–Crippen MR) is 131 cm³/mol. The molecule has 3 amide bonds. The van der Waals surface area contributed by atoms with Gasteiger partial charge in [-0.15, -0.1) is 0 Å². The van der Waals surface area contributed by atoms with Gasteiger partial charge in [0.1, 0.15) is 36.0 Å². The Morgan fingerprint density at radius 3 is 2.62 bits per heavy atom. The number of carbonyl (C=O) groups excluding carboxylic acids is 3. The maximum atomic E-state index is 13.9. The molecule has 4 aliphatic rings. The Labute approximate surface area is 224 Å². The molecular formula is C26H32F3N7O3. The van der Waals surface area contributed by atoms with Gasteiger partial charge in [-0.05, 0) is 42.4 Å². The van der Waals surface area contributed by atoms with Crippen molar-refractivity contribution in [1.29, 1.82) is 5.26 Å². The van der Waals surface area contributed by atoms with E-state index >= 15 is 0 Å². The average molecular weight is 548 g/mol. The maximum absolute atomic E-state index is 13.9. The summed E-state index contributed by atoms with van der Waals surface area (Å²) in [5.74, 6) is -1.51. The van der Waals surface area contributed by atoms with Crippen LogP contribution in [0.5, 0.6) is 0 Å². The van der Waals surface area contributed by atoms with E-state index in [0.29, 0.717) is 38.8 Å². The standard InChI is InChI=1S/C26H32F3N7O3/c1-25(2)16-11-36-21(20(16)25)23(38)34-14(9-30)7-15-13(10-31-22(15)37)5-3-4-6-17(24(36)39)35-19-8-18(26(27,28)29)32-12-33-19/h8,12-17,20-21H,3-7,10-11H2,1-2H3,(H,31,37)(H,34,38)(H,32,33,35)/t13-,14-,15-,16-,17-,20-,21-/m0/s1. The Hall–Kier alpha value is -3.43. The summed E-state index contributed by atoms with van der Waals surface area (Å²) >= 11 is 0. The molecule has 210 valence electrons. The fraction of sp³-hybridized carbons (Fsp3) is 0.692. The lowest BCUT2D eigenvalue weighted by Crippen LogP contribution is -2.55. The highest BCUT2D eigenvalue weighted by Gasteiger charge is 2.69. The number of anilines is 1. The number of rotatable bonds is 2. The predicted octanol–water partition coefficient (Wildman–Crippen LogP) is 2.09. The first-order valence-corrected chi connectivity index (χ1v) is 13.4. The molecule has 7 atom stereocenters. The first-order valence-electron chi connectivity index (χ1n) is 13.4. The number of alkyl halides is 3. The number of aromatic nitrogens is 2. The van der Waals surface area contributed by atoms with Gasteiger partial charge in [0.05, 0.1) is 6.07 Å². The third-order valence-electron chi connectivity index (χ3n) is 9.06. The third kappa shape index (κ3) is 5.13. The molecule has 0 radical (unpaired) electrons. The number of hydrogen-bond donors (Lipinski definition) is 3. The molecule has 4 fully saturated rings. The Morgan fingerprint density at radius 2 is 1.90 bits per heavy atom. The molecule has 13 heteroatoms. The maximum Gasteiger partial charge on any atom is 0.433 e. The third-order valence-corrected chi connectivity index (χ3v) is 9.06. The van der Waals surface area contributed by atoms with Crippen molar-refractivity contribution in [2.75, 3.05) is 18.4 Å². The highest BCUT2D eigenvalue weighted by Crippen LogP contribution is 2.65. The second-order valence-corrected chi connectivity index (χ2v) is 11.7. The van der Waals surface area contributed by atoms with Crippen molar-refractivity contribution < 1.29 is 27.6 Å². The molecule has 3 saturated heterocycles. The number of piperidine rings is 1. The monoisotopic (exact) mass is 547 g/mol. The van der Waals surface area contributed by atoms with Gasteiger partial charge in [-0.2, -0.15) is 18.4 Å². The van der Waals surface area contributed by atoms with Crippen LogP contribution in [-0.2, 0) is 20.6 Å². The van der Waals surface area contributed by atoms with Gasteiger partial charge in [0.15, 0.2) is 0 Å². The van der Waals surface area contributed by atoms with Crippen LogP contribution in [0, 0.1) is 40.4 Å². The number of amides is 3. The van der Waals surface area contributed by atoms with Crippen LogP contribution < -0.4 is 16.0 Å². The molecule has 1 saturated carbocycles. The molecular weight excluding hydrogens is 515 g/mol. The Kier molecular flexibility index (Phi) is 6.93. The molecule has 0 bridgehead atoms. The van der Waals surface area contributed by atoms with Crippen molar-refractivity contribution in [1.82, 2.24) is 25.5 Å². The number of nitrogens with zero attached hydrogens (tertiary/aromatic N) is 4. The van der Waals surface area contributed by atoms with Gasteiger partial charge in [0.2, 0.25) is 17.7 Å². The normalized spacial score (nSPS) is 34.5. The van der Waals surface area contributed by atoms with Crippen molar-refractivity contribution in [2.24, 2.45) is 29.1 Å². The van der Waals surface area contributed by atoms with E-state index in [1.807, 2.05) is 13.8 Å². The number of halogens is 3. The van der Waals surface area contributed by atoms with Crippen LogP contribution in [0.1, 0.15) is 51.6 Å². The van der Waals surface area contributed by atoms with Gasteiger partial charge in [-0.1, -0.05) is 26.7 Å². The van der Waals surface area contributed by atoms with Gasteiger partial charge in [-0.3, -0.25) is 14.4 Å². The van der Waals surface area contributed by atoms with E-state index in [0.717, 1.165) is 12.4 Å². The molecule has 0 spiro atoms. The summed E-state index contributed by atoms with van der Waals surface area (Å²) in [4.78, 5) is 48.7. The molecule has 3 aliphatic heterocycles. The molecule has 39 heavy (non-hydrogen) atoms. The van der Waals surface area contributed by atoms with Crippen molar-refractivity contribution in [3.63, 3.8) is 0 Å². The minimum Gasteiger partial charge on any atom is -0.358 e. The van der Waals surface area contributed by atoms with Gasteiger partial charge in [-0.25, -0.2) is 9.97 Å². The highest BCUT2D eigenvalue weighted by atomic mass is 19.4. The number of hydrogen-bond acceptors (Lipinski definition) is 7. The van der Waals surface area contributed by atoms with E-state index in [2.05, 4.69) is 32.0 Å². The minimum absolute atomic E-state index is 0.0127. The Bertz CT molecular complexity index is 1200. The molecule has 4 heterocycles. The van der Waals surface area contributed by atoms with Gasteiger partial charge < -0.3 is 20.9 Å². The van der Waals surface area contributed by atoms with Crippen LogP contribution in [0.15, 0.2) is 12.4 Å². The summed E-state index contributed by atoms with van der Waals surface area (Å²) in [6, 6.07) is 0.272. The molecule has 0 unspecified atom stereocenters. The fourth-order valence-electron chi connectivity index (χ4n) is 6.77. The van der Waals surface area contributed by atoms with Crippen molar-refractivity contribution >= 4 is 23.5 Å². The number of nitrogens with one attached hydrogen (secondary N) is 3. The summed E-state index contributed by atoms with van der Waals surface area (Å²) in [6.07, 6.45) is -1.42. The quantitative estimate of drug-likeness (QED) is 0.515. The number of carbonyl (C=O) groups is 3. The lowest BCUT2D eigenvalue weighted by Gasteiger charge is -2.34. The van der Waals surface area contributed by atoms with E-state index in [4.69, 9.17) is 0 Å². The lowest BCUT2D eigenvalue weighted by molar-refractivity contribution is -0.141. The largest absolute Gasteiger partial charge is 0.433 e. The molecule has 3 N–H and O–H groups in total. The van der Waals surface area contributed by atoms with Crippen LogP contribution in [0.4, 0.5) is 19.0 Å². The molecule has 1 aromatic heterocycles. The van der Waals surface area contributed by atoms with Gasteiger partial charge in [0.25, 0.3) is 0 Å². The summed E-state index contributed by atoms with van der Waals surface area (Å²) in [5.41, 5.74) is -1.29. The average Bonchev–Trinajstić information content (AvgIpc) is 3.20. The second kappa shape index (κ2) is 9.95. The van der Waals surface area contributed by atoms with Crippen molar-refractivity contribution in [2.45, 2.75) is 70.3 Å². The molecule has 10 nitrogen and oxygen atoms in total. The Morgan fingerprint density at radius 1 is 1.15 bits per heavy atom. The van der Waals surface area contributed by atoms with E-state index in [-0.39, 0.29) is 47.2 Å². The topological polar surface area (TPSA) is 140 Å². The van der Waals surface area contributed by atoms with Crippen LogP contribution in [-0.4, -0.2) is 63.8 Å². The smallest absolute Gasteiger partial charge is 0.358 e. The molecule has 0 aromatic carbocycles. The second-order valence-electron chi connectivity index (χ2n) is 11.7. The number of nitriles is 1. The lowest BCUT2D eigenvalue weighted by atomic mass is 9.85. The summed E-state index contributed by atoms with van der Waals surface area (Å²) in [6.45, 7) is 4.89. The summed E-state index contributed by atoms with van der Waals surface area (Å²) in [5, 5.41) is 18.3. The zero-order chi connectivity index (χ0) is 28.1. The van der Waals surface area contributed by atoms with E-state index < -0.39 is 41.8 Å². The van der Waals surface area contributed by atoms with E-state index in [9.17, 15) is 32.8 Å². The first-order chi connectivity index (χ1) is 18.4. The SMILES string of the molecule is CC1(C)[C@@H]2[C@H]3C(=O)N[C@H](C#N)C[C@@H]4C(=O)NC[C@@H]4CCCC[C@H](Nc4cc(C(F)(F)F)ncn4)C(=O)N3C[C@@H]21. The number of fused-ring (bicyclic) bond motifs is 4. The molecule has 1 aromatic rings. The van der Waals surface area contributed by atoms with Crippen LogP contribution >= 0.6 is 0 Å². The van der Waals surface area contributed by atoms with E-state index in [1.165, 1.54) is 4.90 Å². The molecule has 1 aliphatic carbocycles. The fourth-order valence-corrected chi connectivity index (χ4v) is 6.77. The van der Waals surface area contributed by atoms with Crippen LogP contribution in [0.3, 0.4) is 0 Å². The van der Waals surface area contributed by atoms with Crippen LogP contribution in [0.25, 0.3) is 0 Å². The van der Waals surface area contributed by atoms with Gasteiger partial charge in [0, 0.05) is 25.1 Å². The zero-order valence-electron chi connectivity index (χ0n) is 21.8. The van der Waals surface area contributed by atoms with Gasteiger partial charge >= 0.3 is 6.18 Å².